The Morgan fingerprint density at radius 2 is 1.74 bits per heavy atom. The SMILES string of the molecule is CC(C)(C)OC(=O)N[C@H]1CC[C@H](Nc2ccc3ncc(-c4cnc(N)nc4)n3n2)CC1. The molecule has 0 unspecified atom stereocenters. The van der Waals surface area contributed by atoms with E-state index in [-0.39, 0.29) is 24.1 Å². The fourth-order valence-corrected chi connectivity index (χ4v) is 3.68. The topological polar surface area (TPSA) is 132 Å². The summed E-state index contributed by atoms with van der Waals surface area (Å²) in [6.07, 6.45) is 8.35. The third kappa shape index (κ3) is 5.19. The lowest BCUT2D eigenvalue weighted by atomic mass is 9.91. The first-order chi connectivity index (χ1) is 14.8. The molecule has 10 nitrogen and oxygen atoms in total. The zero-order chi connectivity index (χ0) is 22.0. The van der Waals surface area contributed by atoms with Crippen molar-refractivity contribution in [2.24, 2.45) is 0 Å². The van der Waals surface area contributed by atoms with Crippen molar-refractivity contribution in [2.45, 2.75) is 64.1 Å². The molecule has 0 bridgehead atoms. The molecule has 0 spiro atoms. The summed E-state index contributed by atoms with van der Waals surface area (Å²) in [5.74, 6) is 0.997. The molecule has 1 amide bonds. The van der Waals surface area contributed by atoms with Crippen LogP contribution in [0.2, 0.25) is 0 Å². The minimum Gasteiger partial charge on any atom is -0.444 e. The van der Waals surface area contributed by atoms with Gasteiger partial charge in [-0.2, -0.15) is 0 Å². The summed E-state index contributed by atoms with van der Waals surface area (Å²) >= 11 is 0. The summed E-state index contributed by atoms with van der Waals surface area (Å²) in [6, 6.07) is 4.27. The predicted octanol–water partition coefficient (Wildman–Crippen LogP) is 3.02. The van der Waals surface area contributed by atoms with E-state index in [1.54, 1.807) is 23.1 Å². The number of nitrogens with two attached hydrogens (primary N) is 1. The van der Waals surface area contributed by atoms with Gasteiger partial charge in [-0.15, -0.1) is 5.10 Å². The summed E-state index contributed by atoms with van der Waals surface area (Å²) in [5, 5.41) is 11.2. The molecule has 4 N–H and O–H groups in total. The number of alkyl carbamates (subject to hydrolysis) is 1. The lowest BCUT2D eigenvalue weighted by molar-refractivity contribution is 0.0492. The van der Waals surface area contributed by atoms with Crippen LogP contribution in [0.15, 0.2) is 30.7 Å². The van der Waals surface area contributed by atoms with E-state index in [9.17, 15) is 4.79 Å². The monoisotopic (exact) mass is 424 g/mol. The minimum atomic E-state index is -0.488. The molecule has 0 saturated heterocycles. The van der Waals surface area contributed by atoms with E-state index in [0.717, 1.165) is 48.4 Å². The lowest BCUT2D eigenvalue weighted by Gasteiger charge is -2.30. The average Bonchev–Trinajstić information content (AvgIpc) is 3.12. The van der Waals surface area contributed by atoms with E-state index >= 15 is 0 Å². The Morgan fingerprint density at radius 3 is 2.42 bits per heavy atom. The normalized spacial score (nSPS) is 19.2. The summed E-state index contributed by atoms with van der Waals surface area (Å²) in [6.45, 7) is 5.59. The van der Waals surface area contributed by atoms with Crippen LogP contribution in [-0.2, 0) is 4.74 Å². The number of fused-ring (bicyclic) bond motifs is 1. The second-order valence-electron chi connectivity index (χ2n) is 8.80. The second-order valence-corrected chi connectivity index (χ2v) is 8.80. The van der Waals surface area contributed by atoms with Gasteiger partial charge in [0.15, 0.2) is 5.65 Å². The molecule has 10 heteroatoms. The largest absolute Gasteiger partial charge is 0.444 e. The molecule has 1 fully saturated rings. The Labute approximate surface area is 180 Å². The molecular weight excluding hydrogens is 396 g/mol. The highest BCUT2D eigenvalue weighted by molar-refractivity contribution is 5.68. The quantitative estimate of drug-likeness (QED) is 0.582. The molecule has 0 aliphatic heterocycles. The molecule has 31 heavy (non-hydrogen) atoms. The van der Waals surface area contributed by atoms with Crippen molar-refractivity contribution in [3.63, 3.8) is 0 Å². The number of rotatable bonds is 4. The van der Waals surface area contributed by atoms with Crippen LogP contribution in [-0.4, -0.2) is 48.3 Å². The maximum atomic E-state index is 12.0. The van der Waals surface area contributed by atoms with Gasteiger partial charge in [-0.1, -0.05) is 0 Å². The van der Waals surface area contributed by atoms with Crippen molar-refractivity contribution < 1.29 is 9.53 Å². The van der Waals surface area contributed by atoms with Crippen LogP contribution >= 0.6 is 0 Å². The van der Waals surface area contributed by atoms with Gasteiger partial charge in [-0.05, 0) is 58.6 Å². The number of hydrogen-bond donors (Lipinski definition) is 3. The summed E-state index contributed by atoms with van der Waals surface area (Å²) < 4.78 is 7.12. The lowest BCUT2D eigenvalue weighted by Crippen LogP contribution is -2.42. The maximum absolute atomic E-state index is 12.0. The highest BCUT2D eigenvalue weighted by atomic mass is 16.6. The summed E-state index contributed by atoms with van der Waals surface area (Å²) in [5.41, 5.74) is 7.42. The Kier molecular flexibility index (Phi) is 5.62. The number of nitrogens with one attached hydrogen (secondary N) is 2. The van der Waals surface area contributed by atoms with E-state index in [1.165, 1.54) is 0 Å². The second kappa shape index (κ2) is 8.37. The van der Waals surface area contributed by atoms with E-state index in [1.807, 2.05) is 32.9 Å². The van der Waals surface area contributed by atoms with Gasteiger partial charge in [0, 0.05) is 30.0 Å². The number of amides is 1. The van der Waals surface area contributed by atoms with Gasteiger partial charge >= 0.3 is 6.09 Å². The average molecular weight is 425 g/mol. The third-order valence-electron chi connectivity index (χ3n) is 5.13. The first-order valence-electron chi connectivity index (χ1n) is 10.5. The van der Waals surface area contributed by atoms with Crippen molar-refractivity contribution in [3.8, 4) is 11.3 Å². The Morgan fingerprint density at radius 1 is 1.06 bits per heavy atom. The van der Waals surface area contributed by atoms with Crippen LogP contribution in [0.5, 0.6) is 0 Å². The van der Waals surface area contributed by atoms with Gasteiger partial charge < -0.3 is 21.1 Å². The molecule has 1 aliphatic carbocycles. The molecule has 3 aromatic rings. The number of imidazole rings is 1. The molecule has 0 aromatic carbocycles. The van der Waals surface area contributed by atoms with E-state index in [2.05, 4.69) is 25.6 Å². The van der Waals surface area contributed by atoms with Crippen LogP contribution in [0, 0.1) is 0 Å². The van der Waals surface area contributed by atoms with E-state index < -0.39 is 5.60 Å². The molecule has 4 rings (SSSR count). The van der Waals surface area contributed by atoms with Crippen LogP contribution in [0.25, 0.3) is 16.9 Å². The van der Waals surface area contributed by atoms with Crippen molar-refractivity contribution in [2.75, 3.05) is 11.1 Å². The van der Waals surface area contributed by atoms with Crippen LogP contribution in [0.4, 0.5) is 16.6 Å². The number of carbonyl (C=O) groups is 1. The zero-order valence-electron chi connectivity index (χ0n) is 18.0. The van der Waals surface area contributed by atoms with Gasteiger partial charge in [0.25, 0.3) is 0 Å². The van der Waals surface area contributed by atoms with Crippen molar-refractivity contribution in [1.29, 1.82) is 0 Å². The van der Waals surface area contributed by atoms with E-state index in [4.69, 9.17) is 15.6 Å². The smallest absolute Gasteiger partial charge is 0.407 e. The predicted molar refractivity (Wildman–Crippen MR) is 117 cm³/mol. The highest BCUT2D eigenvalue weighted by Crippen LogP contribution is 2.24. The number of aromatic nitrogens is 5. The fourth-order valence-electron chi connectivity index (χ4n) is 3.68. The number of carbonyl (C=O) groups excluding carboxylic acids is 1. The number of hydrogen-bond acceptors (Lipinski definition) is 8. The van der Waals surface area contributed by atoms with Crippen molar-refractivity contribution >= 4 is 23.5 Å². The highest BCUT2D eigenvalue weighted by Gasteiger charge is 2.25. The molecule has 0 radical (unpaired) electrons. The standard InChI is InChI=1S/C21H28N8O2/c1-21(2,3)31-20(30)27-15-6-4-14(5-7-15)26-17-8-9-18-23-12-16(29(18)28-17)13-10-24-19(22)25-11-13/h8-12,14-15H,4-7H2,1-3H3,(H,26,28)(H,27,30)(H2,22,24,25)/t14-,15-. The molecular formula is C21H28N8O2. The first kappa shape index (κ1) is 20.8. The molecule has 1 saturated carbocycles. The van der Waals surface area contributed by atoms with E-state index in [0.29, 0.717) is 0 Å². The van der Waals surface area contributed by atoms with Crippen LogP contribution < -0.4 is 16.4 Å². The first-order valence-corrected chi connectivity index (χ1v) is 10.5. The van der Waals surface area contributed by atoms with Crippen LogP contribution in [0.3, 0.4) is 0 Å². The Balaban J connectivity index is 1.38. The molecule has 164 valence electrons. The molecule has 3 heterocycles. The van der Waals surface area contributed by atoms with Gasteiger partial charge in [0.05, 0.1) is 11.9 Å². The maximum Gasteiger partial charge on any atom is 0.407 e. The zero-order valence-corrected chi connectivity index (χ0v) is 18.0. The number of ether oxygens (including phenoxy) is 1. The van der Waals surface area contributed by atoms with Gasteiger partial charge in [0.1, 0.15) is 11.4 Å². The third-order valence-corrected chi connectivity index (χ3v) is 5.13. The number of nitrogens with zero attached hydrogens (tertiary/aromatic N) is 5. The Hall–Kier alpha value is -3.43. The number of nitrogen functional groups attached to an aromatic ring is 1. The van der Waals surface area contributed by atoms with Gasteiger partial charge in [-0.3, -0.25) is 0 Å². The van der Waals surface area contributed by atoms with Crippen LogP contribution in [0.1, 0.15) is 46.5 Å². The summed E-state index contributed by atoms with van der Waals surface area (Å²) in [7, 11) is 0. The fraction of sp³-hybridized carbons (Fsp3) is 0.476. The molecule has 3 aromatic heterocycles. The van der Waals surface area contributed by atoms with Crippen molar-refractivity contribution in [1.82, 2.24) is 29.9 Å². The van der Waals surface area contributed by atoms with Crippen molar-refractivity contribution in [3.05, 3.63) is 30.7 Å². The Bertz CT molecular complexity index is 1050. The molecule has 1 aliphatic rings. The van der Waals surface area contributed by atoms with Gasteiger partial charge in [-0.25, -0.2) is 24.3 Å². The van der Waals surface area contributed by atoms with Gasteiger partial charge in [0.2, 0.25) is 5.95 Å². The summed E-state index contributed by atoms with van der Waals surface area (Å²) in [4.78, 5) is 24.5. The minimum absolute atomic E-state index is 0.133. The number of anilines is 2. The molecule has 0 atom stereocenters.